The van der Waals surface area contributed by atoms with E-state index in [1.54, 1.807) is 12.1 Å². The molecule has 1 aliphatic heterocycles. The van der Waals surface area contributed by atoms with Gasteiger partial charge in [-0.25, -0.2) is 0 Å². The second kappa shape index (κ2) is 6.41. The average molecular weight is 270 g/mol. The lowest BCUT2D eigenvalue weighted by Gasteiger charge is -2.32. The SMILES string of the molecule is CCOC1CCCN(Cc2c(O)cccc2Cl)C1. The third-order valence-electron chi connectivity index (χ3n) is 3.34. The van der Waals surface area contributed by atoms with Gasteiger partial charge in [-0.1, -0.05) is 17.7 Å². The van der Waals surface area contributed by atoms with Crippen LogP contribution < -0.4 is 0 Å². The zero-order chi connectivity index (χ0) is 13.0. The van der Waals surface area contributed by atoms with Gasteiger partial charge in [0.05, 0.1) is 6.10 Å². The van der Waals surface area contributed by atoms with Crippen LogP contribution in [-0.2, 0) is 11.3 Å². The summed E-state index contributed by atoms with van der Waals surface area (Å²) in [5.41, 5.74) is 0.816. The monoisotopic (exact) mass is 269 g/mol. The number of benzene rings is 1. The fourth-order valence-electron chi connectivity index (χ4n) is 2.46. The van der Waals surface area contributed by atoms with Crippen molar-refractivity contribution in [3.05, 3.63) is 28.8 Å². The molecule has 0 spiro atoms. The molecule has 0 saturated carbocycles. The van der Waals surface area contributed by atoms with Crippen LogP contribution in [0, 0.1) is 0 Å². The molecule has 0 aromatic heterocycles. The Morgan fingerprint density at radius 3 is 3.06 bits per heavy atom. The predicted octanol–water partition coefficient (Wildman–Crippen LogP) is 3.05. The molecule has 100 valence electrons. The molecule has 1 unspecified atom stereocenters. The average Bonchev–Trinajstić information content (AvgIpc) is 2.35. The van der Waals surface area contributed by atoms with Crippen LogP contribution in [-0.4, -0.2) is 35.8 Å². The number of rotatable bonds is 4. The molecule has 1 aromatic carbocycles. The molecule has 0 aliphatic carbocycles. The van der Waals surface area contributed by atoms with Gasteiger partial charge < -0.3 is 9.84 Å². The van der Waals surface area contributed by atoms with E-state index in [4.69, 9.17) is 16.3 Å². The van der Waals surface area contributed by atoms with Gasteiger partial charge in [-0.05, 0) is 38.4 Å². The summed E-state index contributed by atoms with van der Waals surface area (Å²) in [7, 11) is 0. The number of phenols is 1. The maximum atomic E-state index is 9.85. The topological polar surface area (TPSA) is 32.7 Å². The number of hydrogen-bond donors (Lipinski definition) is 1. The van der Waals surface area contributed by atoms with Crippen molar-refractivity contribution < 1.29 is 9.84 Å². The fourth-order valence-corrected chi connectivity index (χ4v) is 2.69. The summed E-state index contributed by atoms with van der Waals surface area (Å²) in [4.78, 5) is 2.30. The number of nitrogens with zero attached hydrogens (tertiary/aromatic N) is 1. The van der Waals surface area contributed by atoms with E-state index in [0.717, 1.165) is 38.1 Å². The highest BCUT2D eigenvalue weighted by atomic mass is 35.5. The van der Waals surface area contributed by atoms with Crippen LogP contribution in [0.3, 0.4) is 0 Å². The Labute approximate surface area is 113 Å². The lowest BCUT2D eigenvalue weighted by atomic mass is 10.1. The van der Waals surface area contributed by atoms with Crippen LogP contribution >= 0.6 is 11.6 Å². The van der Waals surface area contributed by atoms with E-state index in [1.165, 1.54) is 0 Å². The van der Waals surface area contributed by atoms with Crippen LogP contribution in [0.25, 0.3) is 0 Å². The van der Waals surface area contributed by atoms with Gasteiger partial charge in [-0.15, -0.1) is 0 Å². The third kappa shape index (κ3) is 3.37. The van der Waals surface area contributed by atoms with Crippen LogP contribution in [0.2, 0.25) is 5.02 Å². The minimum atomic E-state index is 0.279. The van der Waals surface area contributed by atoms with E-state index < -0.39 is 0 Å². The van der Waals surface area contributed by atoms with E-state index in [9.17, 15) is 5.11 Å². The van der Waals surface area contributed by atoms with Crippen molar-refractivity contribution in [2.45, 2.75) is 32.4 Å². The minimum Gasteiger partial charge on any atom is -0.508 e. The first kappa shape index (κ1) is 13.7. The molecule has 1 saturated heterocycles. The van der Waals surface area contributed by atoms with Gasteiger partial charge in [0.2, 0.25) is 0 Å². The lowest BCUT2D eigenvalue weighted by Crippen LogP contribution is -2.39. The van der Waals surface area contributed by atoms with Crippen molar-refractivity contribution in [1.82, 2.24) is 4.90 Å². The minimum absolute atomic E-state index is 0.279. The van der Waals surface area contributed by atoms with Gasteiger partial charge in [-0.2, -0.15) is 0 Å². The highest BCUT2D eigenvalue weighted by molar-refractivity contribution is 6.31. The summed E-state index contributed by atoms with van der Waals surface area (Å²) in [6.45, 7) is 5.43. The molecular formula is C14H20ClNO2. The van der Waals surface area contributed by atoms with Crippen LogP contribution in [0.4, 0.5) is 0 Å². The summed E-state index contributed by atoms with van der Waals surface area (Å²) in [5.74, 6) is 0.279. The Morgan fingerprint density at radius 1 is 1.50 bits per heavy atom. The third-order valence-corrected chi connectivity index (χ3v) is 3.69. The van der Waals surface area contributed by atoms with Crippen LogP contribution in [0.15, 0.2) is 18.2 Å². The first-order chi connectivity index (χ1) is 8.70. The molecule has 4 heteroatoms. The summed E-state index contributed by atoms with van der Waals surface area (Å²) < 4.78 is 5.67. The number of aromatic hydroxyl groups is 1. The standard InChI is InChI=1S/C14H20ClNO2/c1-2-18-11-5-4-8-16(9-11)10-12-13(15)6-3-7-14(12)17/h3,6-7,11,17H,2,4-5,8-10H2,1H3. The molecule has 0 bridgehead atoms. The Balaban J connectivity index is 2.00. The Kier molecular flexibility index (Phi) is 4.87. The highest BCUT2D eigenvalue weighted by Gasteiger charge is 2.21. The normalized spacial score (nSPS) is 21.1. The molecular weight excluding hydrogens is 250 g/mol. The van der Waals surface area contributed by atoms with Crippen molar-refractivity contribution in [2.24, 2.45) is 0 Å². The van der Waals surface area contributed by atoms with Crippen molar-refractivity contribution >= 4 is 11.6 Å². The van der Waals surface area contributed by atoms with E-state index in [1.807, 2.05) is 13.0 Å². The number of likely N-dealkylation sites (tertiary alicyclic amines) is 1. The molecule has 1 atom stereocenters. The lowest BCUT2D eigenvalue weighted by molar-refractivity contribution is 0.00347. The number of halogens is 1. The van der Waals surface area contributed by atoms with Crippen LogP contribution in [0.1, 0.15) is 25.3 Å². The molecule has 2 rings (SSSR count). The summed E-state index contributed by atoms with van der Waals surface area (Å²) >= 11 is 6.13. The van der Waals surface area contributed by atoms with Gasteiger partial charge in [0.25, 0.3) is 0 Å². The van der Waals surface area contributed by atoms with Gasteiger partial charge >= 0.3 is 0 Å². The molecule has 1 heterocycles. The Bertz CT molecular complexity index is 375. The number of phenolic OH excluding ortho intramolecular Hbond substituents is 1. The first-order valence-electron chi connectivity index (χ1n) is 6.51. The smallest absolute Gasteiger partial charge is 0.121 e. The van der Waals surface area contributed by atoms with E-state index in [0.29, 0.717) is 17.7 Å². The Morgan fingerprint density at radius 2 is 2.33 bits per heavy atom. The summed E-state index contributed by atoms with van der Waals surface area (Å²) in [5, 5.41) is 10.5. The van der Waals surface area contributed by atoms with E-state index >= 15 is 0 Å². The zero-order valence-corrected chi connectivity index (χ0v) is 11.5. The number of hydrogen-bond acceptors (Lipinski definition) is 3. The van der Waals surface area contributed by atoms with Gasteiger partial charge in [0.15, 0.2) is 0 Å². The molecule has 1 aromatic rings. The maximum absolute atomic E-state index is 9.85. The van der Waals surface area contributed by atoms with Crippen molar-refractivity contribution in [1.29, 1.82) is 0 Å². The molecule has 1 N–H and O–H groups in total. The second-order valence-corrected chi connectivity index (χ2v) is 5.10. The van der Waals surface area contributed by atoms with Crippen molar-refractivity contribution in [2.75, 3.05) is 19.7 Å². The van der Waals surface area contributed by atoms with Crippen LogP contribution in [0.5, 0.6) is 5.75 Å². The Hall–Kier alpha value is -0.770. The second-order valence-electron chi connectivity index (χ2n) is 4.69. The van der Waals surface area contributed by atoms with Gasteiger partial charge in [-0.3, -0.25) is 4.90 Å². The maximum Gasteiger partial charge on any atom is 0.121 e. The summed E-state index contributed by atoms with van der Waals surface area (Å²) in [6.07, 6.45) is 2.57. The predicted molar refractivity (Wildman–Crippen MR) is 73.0 cm³/mol. The summed E-state index contributed by atoms with van der Waals surface area (Å²) in [6, 6.07) is 5.27. The largest absolute Gasteiger partial charge is 0.508 e. The quantitative estimate of drug-likeness (QED) is 0.912. The molecule has 18 heavy (non-hydrogen) atoms. The van der Waals surface area contributed by atoms with E-state index in [2.05, 4.69) is 4.90 Å². The molecule has 3 nitrogen and oxygen atoms in total. The van der Waals surface area contributed by atoms with E-state index in [-0.39, 0.29) is 5.75 Å². The molecule has 1 aliphatic rings. The molecule has 1 fully saturated rings. The molecule has 0 amide bonds. The highest BCUT2D eigenvalue weighted by Crippen LogP contribution is 2.27. The first-order valence-corrected chi connectivity index (χ1v) is 6.88. The zero-order valence-electron chi connectivity index (χ0n) is 10.7. The number of ether oxygens (including phenoxy) is 1. The fraction of sp³-hybridized carbons (Fsp3) is 0.571. The van der Waals surface area contributed by atoms with Crippen molar-refractivity contribution in [3.8, 4) is 5.75 Å². The van der Waals surface area contributed by atoms with Gasteiger partial charge in [0.1, 0.15) is 5.75 Å². The molecule has 0 radical (unpaired) electrons. The van der Waals surface area contributed by atoms with Gasteiger partial charge in [0, 0.05) is 30.3 Å². The van der Waals surface area contributed by atoms with Crippen molar-refractivity contribution in [3.63, 3.8) is 0 Å². The number of piperidine rings is 1.